The molecule has 30 heavy (non-hydrogen) atoms. The van der Waals surface area contributed by atoms with Crippen molar-refractivity contribution in [1.29, 1.82) is 0 Å². The Hall–Kier alpha value is -3.23. The largest absolute Gasteiger partial charge is 0.386 e. The zero-order valence-corrected chi connectivity index (χ0v) is 16.5. The van der Waals surface area contributed by atoms with E-state index < -0.39 is 5.60 Å². The Morgan fingerprint density at radius 3 is 3.03 bits per heavy atom. The molecule has 1 N–H and O–H groups in total. The van der Waals surface area contributed by atoms with Gasteiger partial charge in [-0.1, -0.05) is 16.4 Å². The molecule has 2 amide bonds. The number of hydrogen-bond acceptors (Lipinski definition) is 7. The second-order valence-electron chi connectivity index (χ2n) is 8.25. The third-order valence-corrected chi connectivity index (χ3v) is 5.83. The van der Waals surface area contributed by atoms with Crippen LogP contribution in [0.5, 0.6) is 0 Å². The molecule has 9 nitrogen and oxygen atoms in total. The van der Waals surface area contributed by atoms with Gasteiger partial charge in [-0.15, -0.1) is 0 Å². The van der Waals surface area contributed by atoms with Gasteiger partial charge >= 0.3 is 0 Å². The van der Waals surface area contributed by atoms with E-state index in [-0.39, 0.29) is 11.8 Å². The molecule has 4 heterocycles. The normalized spacial score (nSPS) is 23.2. The highest BCUT2D eigenvalue weighted by atomic mass is 16.7. The van der Waals surface area contributed by atoms with E-state index in [1.165, 1.54) is 0 Å². The third kappa shape index (κ3) is 3.79. The van der Waals surface area contributed by atoms with Crippen molar-refractivity contribution < 1.29 is 18.9 Å². The van der Waals surface area contributed by atoms with Crippen LogP contribution in [0.4, 0.5) is 0 Å². The Morgan fingerprint density at radius 1 is 1.33 bits per heavy atom. The molecule has 0 aromatic carbocycles. The van der Waals surface area contributed by atoms with Gasteiger partial charge in [0.2, 0.25) is 0 Å². The topological polar surface area (TPSA) is 110 Å². The van der Waals surface area contributed by atoms with E-state index in [1.807, 2.05) is 12.1 Å². The monoisotopic (exact) mass is 409 g/mol. The lowest BCUT2D eigenvalue weighted by molar-refractivity contribution is -0.115. The van der Waals surface area contributed by atoms with Crippen molar-refractivity contribution in [2.75, 3.05) is 13.1 Å². The van der Waals surface area contributed by atoms with E-state index in [2.05, 4.69) is 20.6 Å². The fourth-order valence-corrected chi connectivity index (χ4v) is 4.03. The highest BCUT2D eigenvalue weighted by molar-refractivity contribution is 6.39. The lowest BCUT2D eigenvalue weighted by Crippen LogP contribution is -2.51. The lowest BCUT2D eigenvalue weighted by Gasteiger charge is -2.37. The van der Waals surface area contributed by atoms with Crippen LogP contribution in [-0.4, -0.2) is 51.3 Å². The van der Waals surface area contributed by atoms with Crippen LogP contribution in [0, 0.1) is 0 Å². The maximum absolute atomic E-state index is 12.9. The van der Waals surface area contributed by atoms with Crippen LogP contribution in [0.25, 0.3) is 0 Å². The number of nitrogens with zero attached hydrogens (tertiary/aromatic N) is 4. The van der Waals surface area contributed by atoms with Gasteiger partial charge in [0.25, 0.3) is 11.8 Å². The summed E-state index contributed by atoms with van der Waals surface area (Å²) in [6, 6.07) is 5.47. The smallest absolute Gasteiger partial charge is 0.276 e. The summed E-state index contributed by atoms with van der Waals surface area (Å²) in [5.74, 6) is 0.775. The van der Waals surface area contributed by atoms with E-state index in [1.54, 1.807) is 23.4 Å². The molecular formula is C21H23N5O4. The number of amides is 2. The standard InChI is InChI=1S/C21H23N5O4/c27-19(23-12-14-3-1-7-22-11-14)17-10-21(30-25-17)6-2-8-26(13-21)20(28)16-9-18(29-24-16)15-4-5-15/h1,3,7,9,11,15H,2,4-6,8,10,12-13H2,(H,23,27). The first-order chi connectivity index (χ1) is 14.6. The summed E-state index contributed by atoms with van der Waals surface area (Å²) in [5, 5.41) is 10.9. The van der Waals surface area contributed by atoms with E-state index >= 15 is 0 Å². The molecule has 5 rings (SSSR count). The van der Waals surface area contributed by atoms with Crippen LogP contribution >= 0.6 is 0 Å². The maximum atomic E-state index is 12.9. The molecule has 0 radical (unpaired) electrons. The minimum Gasteiger partial charge on any atom is -0.386 e. The van der Waals surface area contributed by atoms with E-state index in [0.717, 1.165) is 37.0 Å². The SMILES string of the molecule is O=C(NCc1cccnc1)C1=NOC2(CCCN(C(=O)c3cc(C4CC4)on3)C2)C1. The molecule has 2 aromatic rings. The Labute approximate surface area is 173 Å². The first-order valence-corrected chi connectivity index (χ1v) is 10.3. The average molecular weight is 409 g/mol. The second kappa shape index (κ2) is 7.55. The summed E-state index contributed by atoms with van der Waals surface area (Å²) < 4.78 is 5.32. The van der Waals surface area contributed by atoms with Crippen molar-refractivity contribution in [2.24, 2.45) is 5.16 Å². The van der Waals surface area contributed by atoms with Crippen molar-refractivity contribution in [3.05, 3.63) is 47.6 Å². The lowest BCUT2D eigenvalue weighted by atomic mass is 9.88. The predicted molar refractivity (Wildman–Crippen MR) is 106 cm³/mol. The van der Waals surface area contributed by atoms with Gasteiger partial charge in [0, 0.05) is 43.9 Å². The average Bonchev–Trinajstić information content (AvgIpc) is 3.37. The van der Waals surface area contributed by atoms with Crippen molar-refractivity contribution in [3.63, 3.8) is 0 Å². The number of hydrogen-bond donors (Lipinski definition) is 1. The van der Waals surface area contributed by atoms with Gasteiger partial charge in [0.05, 0.1) is 6.54 Å². The number of carbonyl (C=O) groups is 2. The van der Waals surface area contributed by atoms with Gasteiger partial charge in [0.1, 0.15) is 11.5 Å². The number of oxime groups is 1. The van der Waals surface area contributed by atoms with Crippen LogP contribution in [0.15, 0.2) is 40.3 Å². The number of aromatic nitrogens is 2. The second-order valence-corrected chi connectivity index (χ2v) is 8.25. The molecular weight excluding hydrogens is 386 g/mol. The summed E-state index contributed by atoms with van der Waals surface area (Å²) >= 11 is 0. The highest BCUT2D eigenvalue weighted by Crippen LogP contribution is 2.40. The quantitative estimate of drug-likeness (QED) is 0.809. The van der Waals surface area contributed by atoms with Crippen LogP contribution in [0.2, 0.25) is 0 Å². The van der Waals surface area contributed by atoms with Gasteiger partial charge in [0.15, 0.2) is 11.3 Å². The van der Waals surface area contributed by atoms with E-state index in [4.69, 9.17) is 9.36 Å². The fraction of sp³-hybridized carbons (Fsp3) is 0.476. The maximum Gasteiger partial charge on any atom is 0.276 e. The van der Waals surface area contributed by atoms with Crippen LogP contribution in [0.1, 0.15) is 59.8 Å². The first-order valence-electron chi connectivity index (χ1n) is 10.3. The third-order valence-electron chi connectivity index (χ3n) is 5.83. The zero-order valence-electron chi connectivity index (χ0n) is 16.5. The van der Waals surface area contributed by atoms with Crippen molar-refractivity contribution in [1.82, 2.24) is 20.4 Å². The molecule has 1 spiro atoms. The van der Waals surface area contributed by atoms with Crippen molar-refractivity contribution in [2.45, 2.75) is 50.2 Å². The summed E-state index contributed by atoms with van der Waals surface area (Å²) in [6.07, 6.45) is 7.47. The summed E-state index contributed by atoms with van der Waals surface area (Å²) in [4.78, 5) is 36.9. The summed E-state index contributed by atoms with van der Waals surface area (Å²) in [5.41, 5.74) is 0.943. The van der Waals surface area contributed by atoms with Gasteiger partial charge in [-0.05, 0) is 37.3 Å². The van der Waals surface area contributed by atoms with E-state index in [9.17, 15) is 9.59 Å². The molecule has 156 valence electrons. The number of carbonyl (C=O) groups excluding carboxylic acids is 2. The van der Waals surface area contributed by atoms with Crippen LogP contribution in [-0.2, 0) is 16.2 Å². The number of piperidine rings is 1. The summed E-state index contributed by atoms with van der Waals surface area (Å²) in [7, 11) is 0. The van der Waals surface area contributed by atoms with Gasteiger partial charge in [-0.2, -0.15) is 0 Å². The Kier molecular flexibility index (Phi) is 4.72. The molecule has 1 aliphatic carbocycles. The van der Waals surface area contributed by atoms with Crippen LogP contribution in [0.3, 0.4) is 0 Å². The molecule has 2 aliphatic heterocycles. The molecule has 2 fully saturated rings. The Bertz CT molecular complexity index is 984. The van der Waals surface area contributed by atoms with Gasteiger partial charge in [-0.3, -0.25) is 14.6 Å². The fourth-order valence-electron chi connectivity index (χ4n) is 4.03. The predicted octanol–water partition coefficient (Wildman–Crippen LogP) is 2.01. The molecule has 2 aromatic heterocycles. The zero-order chi connectivity index (χ0) is 20.6. The number of nitrogens with one attached hydrogen (secondary N) is 1. The Morgan fingerprint density at radius 2 is 2.23 bits per heavy atom. The summed E-state index contributed by atoms with van der Waals surface area (Å²) in [6.45, 7) is 1.37. The van der Waals surface area contributed by atoms with Gasteiger partial charge in [-0.25, -0.2) is 0 Å². The van der Waals surface area contributed by atoms with Crippen molar-refractivity contribution in [3.8, 4) is 0 Å². The molecule has 1 saturated carbocycles. The number of rotatable bonds is 5. The van der Waals surface area contributed by atoms with Crippen molar-refractivity contribution >= 4 is 17.5 Å². The first kappa shape index (κ1) is 18.8. The number of pyridine rings is 1. The number of likely N-dealkylation sites (tertiary alicyclic amines) is 1. The minimum atomic E-state index is -0.655. The molecule has 1 saturated heterocycles. The van der Waals surface area contributed by atoms with Crippen LogP contribution < -0.4 is 5.32 Å². The highest BCUT2D eigenvalue weighted by Gasteiger charge is 2.46. The minimum absolute atomic E-state index is 0.164. The molecule has 1 unspecified atom stereocenters. The van der Waals surface area contributed by atoms with E-state index in [0.29, 0.717) is 43.4 Å². The molecule has 1 atom stereocenters. The van der Waals surface area contributed by atoms with Gasteiger partial charge < -0.3 is 19.6 Å². The molecule has 9 heteroatoms. The Balaban J connectivity index is 1.19. The molecule has 0 bridgehead atoms. The molecule has 3 aliphatic rings.